The summed E-state index contributed by atoms with van der Waals surface area (Å²) in [5, 5.41) is 3.31. The van der Waals surface area contributed by atoms with Crippen LogP contribution in [-0.4, -0.2) is 12.6 Å². The molecule has 2 aliphatic heterocycles. The highest BCUT2D eigenvalue weighted by atomic mass is 32.2. The summed E-state index contributed by atoms with van der Waals surface area (Å²) >= 11 is 1.74. The molecule has 10 heavy (non-hydrogen) atoms. The smallest absolute Gasteiger partial charge is 0.0592 e. The van der Waals surface area contributed by atoms with Gasteiger partial charge in [-0.25, -0.2) is 0 Å². The van der Waals surface area contributed by atoms with Crippen molar-refractivity contribution >= 4 is 11.9 Å². The molecule has 2 N–H and O–H groups in total. The van der Waals surface area contributed by atoms with Crippen molar-refractivity contribution in [2.45, 2.75) is 12.5 Å². The highest BCUT2D eigenvalue weighted by Crippen LogP contribution is 2.24. The Hall–Kier alpha value is -0.410. The molecule has 1 saturated heterocycles. The van der Waals surface area contributed by atoms with Crippen molar-refractivity contribution in [3.8, 4) is 0 Å². The van der Waals surface area contributed by atoms with Crippen LogP contribution in [0.25, 0.3) is 0 Å². The Morgan fingerprint density at radius 3 is 3.50 bits per heavy atom. The number of hydrogen-bond donors (Lipinski definition) is 2. The second-order valence-electron chi connectivity index (χ2n) is 2.43. The molecule has 2 heterocycles. The van der Waals surface area contributed by atoms with E-state index in [0.717, 1.165) is 6.54 Å². The van der Waals surface area contributed by atoms with Crippen molar-refractivity contribution in [1.82, 2.24) is 10.0 Å². The van der Waals surface area contributed by atoms with E-state index in [1.54, 1.807) is 11.9 Å². The largest absolute Gasteiger partial charge is 0.383 e. The van der Waals surface area contributed by atoms with Gasteiger partial charge in [0.05, 0.1) is 6.04 Å². The molecule has 1 atom stereocenters. The molecule has 2 aliphatic rings. The van der Waals surface area contributed by atoms with Crippen LogP contribution in [-0.2, 0) is 0 Å². The predicted molar refractivity (Wildman–Crippen MR) is 44.4 cm³/mol. The number of rotatable bonds is 0. The van der Waals surface area contributed by atoms with Gasteiger partial charge in [-0.15, -0.1) is 0 Å². The third-order valence-electron chi connectivity index (χ3n) is 1.72. The Labute approximate surface area is 64.9 Å². The minimum atomic E-state index is 0.580. The minimum Gasteiger partial charge on any atom is -0.383 e. The molecular weight excluding hydrogens is 144 g/mol. The van der Waals surface area contributed by atoms with E-state index in [2.05, 4.69) is 16.1 Å². The monoisotopic (exact) mass is 154 g/mol. The highest BCUT2D eigenvalue weighted by Gasteiger charge is 2.18. The average Bonchev–Trinajstić information content (AvgIpc) is 2.05. The lowest BCUT2D eigenvalue weighted by Gasteiger charge is -2.27. The molecule has 1 unspecified atom stereocenters. The SMILES string of the molecule is C1=CNC2CCNSC2=C1. The first-order valence-electron chi connectivity index (χ1n) is 3.49. The Kier molecular flexibility index (Phi) is 1.69. The predicted octanol–water partition coefficient (Wildman–Crippen LogP) is 0.997. The third-order valence-corrected chi connectivity index (χ3v) is 2.73. The fourth-order valence-corrected chi connectivity index (χ4v) is 2.04. The van der Waals surface area contributed by atoms with Gasteiger partial charge in [0, 0.05) is 11.4 Å². The molecule has 0 aliphatic carbocycles. The molecule has 2 rings (SSSR count). The number of dihydropyridines is 1. The van der Waals surface area contributed by atoms with Crippen molar-refractivity contribution in [2.75, 3.05) is 6.54 Å². The second kappa shape index (κ2) is 2.68. The zero-order chi connectivity index (χ0) is 6.81. The lowest BCUT2D eigenvalue weighted by Crippen LogP contribution is -2.34. The van der Waals surface area contributed by atoms with Crippen molar-refractivity contribution in [2.24, 2.45) is 0 Å². The van der Waals surface area contributed by atoms with Crippen LogP contribution in [0, 0.1) is 0 Å². The van der Waals surface area contributed by atoms with Crippen LogP contribution in [0.4, 0.5) is 0 Å². The molecule has 0 aromatic heterocycles. The number of nitrogens with one attached hydrogen (secondary N) is 2. The van der Waals surface area contributed by atoms with Gasteiger partial charge in [-0.2, -0.15) is 0 Å². The van der Waals surface area contributed by atoms with Crippen molar-refractivity contribution in [1.29, 1.82) is 0 Å². The Morgan fingerprint density at radius 1 is 1.60 bits per heavy atom. The van der Waals surface area contributed by atoms with Gasteiger partial charge < -0.3 is 5.32 Å². The summed E-state index contributed by atoms with van der Waals surface area (Å²) in [6, 6.07) is 0.580. The molecule has 0 amide bonds. The number of allylic oxidation sites excluding steroid dienone is 2. The fraction of sp³-hybridized carbons (Fsp3) is 0.429. The first-order valence-corrected chi connectivity index (χ1v) is 4.31. The molecule has 0 bridgehead atoms. The van der Waals surface area contributed by atoms with E-state index < -0.39 is 0 Å². The molecule has 3 heteroatoms. The first kappa shape index (κ1) is 6.31. The van der Waals surface area contributed by atoms with Gasteiger partial charge in [-0.05, 0) is 36.7 Å². The molecule has 0 saturated carbocycles. The fourth-order valence-electron chi connectivity index (χ4n) is 1.18. The maximum Gasteiger partial charge on any atom is 0.0592 e. The van der Waals surface area contributed by atoms with E-state index in [4.69, 9.17) is 0 Å². The number of fused-ring (bicyclic) bond motifs is 1. The lowest BCUT2D eigenvalue weighted by molar-refractivity contribution is 0.608. The maximum absolute atomic E-state index is 3.31. The summed E-state index contributed by atoms with van der Waals surface area (Å²) in [5.74, 6) is 0. The third kappa shape index (κ3) is 1.07. The van der Waals surface area contributed by atoms with Gasteiger partial charge in [-0.3, -0.25) is 4.72 Å². The summed E-state index contributed by atoms with van der Waals surface area (Å²) in [4.78, 5) is 1.41. The minimum absolute atomic E-state index is 0.580. The average molecular weight is 154 g/mol. The summed E-state index contributed by atoms with van der Waals surface area (Å²) < 4.78 is 3.26. The quantitative estimate of drug-likeness (QED) is 0.509. The Bertz CT molecular complexity index is 186. The van der Waals surface area contributed by atoms with Gasteiger partial charge in [0.1, 0.15) is 0 Å². The van der Waals surface area contributed by atoms with Gasteiger partial charge in [0.25, 0.3) is 0 Å². The Morgan fingerprint density at radius 2 is 2.60 bits per heavy atom. The highest BCUT2D eigenvalue weighted by molar-refractivity contribution is 8.01. The second-order valence-corrected chi connectivity index (χ2v) is 3.40. The zero-order valence-electron chi connectivity index (χ0n) is 5.63. The molecule has 1 fully saturated rings. The Balaban J connectivity index is 2.14. The van der Waals surface area contributed by atoms with E-state index in [1.165, 1.54) is 11.3 Å². The maximum atomic E-state index is 3.31. The van der Waals surface area contributed by atoms with Crippen LogP contribution < -0.4 is 10.0 Å². The number of hydrogen-bond acceptors (Lipinski definition) is 3. The summed E-state index contributed by atoms with van der Waals surface area (Å²) in [7, 11) is 0. The normalized spacial score (nSPS) is 30.4. The van der Waals surface area contributed by atoms with E-state index in [0.29, 0.717) is 6.04 Å². The van der Waals surface area contributed by atoms with E-state index in [-0.39, 0.29) is 0 Å². The van der Waals surface area contributed by atoms with Crippen LogP contribution in [0.15, 0.2) is 23.3 Å². The zero-order valence-corrected chi connectivity index (χ0v) is 6.45. The summed E-state index contributed by atoms with van der Waals surface area (Å²) in [5.41, 5.74) is 0. The van der Waals surface area contributed by atoms with Crippen molar-refractivity contribution < 1.29 is 0 Å². The van der Waals surface area contributed by atoms with Crippen molar-refractivity contribution in [3.05, 3.63) is 23.3 Å². The van der Waals surface area contributed by atoms with E-state index in [1.807, 2.05) is 12.3 Å². The van der Waals surface area contributed by atoms with Gasteiger partial charge >= 0.3 is 0 Å². The van der Waals surface area contributed by atoms with Crippen LogP contribution in [0.3, 0.4) is 0 Å². The summed E-state index contributed by atoms with van der Waals surface area (Å²) in [6.45, 7) is 1.10. The van der Waals surface area contributed by atoms with Crippen molar-refractivity contribution in [3.63, 3.8) is 0 Å². The molecule has 2 nitrogen and oxygen atoms in total. The van der Waals surface area contributed by atoms with Crippen LogP contribution in [0.2, 0.25) is 0 Å². The molecule has 0 radical (unpaired) electrons. The van der Waals surface area contributed by atoms with E-state index in [9.17, 15) is 0 Å². The van der Waals surface area contributed by atoms with Crippen LogP contribution in [0.5, 0.6) is 0 Å². The van der Waals surface area contributed by atoms with Gasteiger partial charge in [0.2, 0.25) is 0 Å². The lowest BCUT2D eigenvalue weighted by atomic mass is 10.1. The summed E-state index contributed by atoms with van der Waals surface area (Å²) in [6.07, 6.45) is 7.42. The molecule has 0 spiro atoms. The molecule has 0 aromatic rings. The standard InChI is InChI=1S/C7H10N2S/c1-2-7-6(8-4-1)3-5-9-10-7/h1-2,4,6,8-9H,3,5H2. The topological polar surface area (TPSA) is 24.1 Å². The molecule has 0 aromatic carbocycles. The van der Waals surface area contributed by atoms with Crippen LogP contribution >= 0.6 is 11.9 Å². The molecular formula is C7H10N2S. The van der Waals surface area contributed by atoms with E-state index >= 15 is 0 Å². The first-order chi connectivity index (χ1) is 4.97. The van der Waals surface area contributed by atoms with Gasteiger partial charge in [0.15, 0.2) is 0 Å². The van der Waals surface area contributed by atoms with Crippen LogP contribution in [0.1, 0.15) is 6.42 Å². The van der Waals surface area contributed by atoms with Gasteiger partial charge in [-0.1, -0.05) is 0 Å². The molecule has 54 valence electrons.